The Hall–Kier alpha value is -11.9. The molecule has 0 aliphatic carbocycles. The summed E-state index contributed by atoms with van der Waals surface area (Å²) in [6, 6.07) is 11.0. The minimum absolute atomic E-state index is 0.00529. The van der Waals surface area contributed by atoms with Gasteiger partial charge in [0.1, 0.15) is 78.5 Å². The number of amides is 16. The molecule has 15 atom stereocenters. The molecule has 0 spiro atoms. The van der Waals surface area contributed by atoms with E-state index in [0.29, 0.717) is 16.7 Å². The monoisotopic (exact) mass is 1620 g/mol. The molecular weight excluding hydrogens is 1520 g/mol. The van der Waals surface area contributed by atoms with E-state index in [1.54, 1.807) is 84.9 Å². The standard InChI is InChI=1S/C77H102N16O21S/c1-41-65(102)87-56(38-94)77(114)93-33-17-24-58(93)72(109)88-57(68(105)80-37-60(79)98)39-115-40-61(99)82-53(34-46-18-11-8-12-19-46)71(108)84-52(30-32-62(100)101)69(106)83-51(29-31-59(78)97)70(107)89-64(45(5)96)74(111)90-63(44(4)95)73(110)86-55(35-47-20-13-9-14-21-47)76(113)92(7)43(3)67(104)85-54(75(112)91(6)42(2)66(103)81-41)36-48-25-27-50(28-26-48)49-22-15-10-16-23-49/h8-16,18-23,25-28,41-45,51-58,63-64,94-96H,17,24,29-40H2,1-7H3,(H2,78,97)(H2,79,98)(H,80,105)(H,81,103)(H,82,99)(H,83,106)(H,84,108)(H,85,104)(H,86,110)(H,87,102)(H,88,109)(H,89,107)(H,90,111)(H,100,101)/t41-,42-,43-,44+,45+,51-,52-,53-,54-,55-,56-,57-,58-,63-,64-/m0/s1. The molecule has 4 aromatic carbocycles. The van der Waals surface area contributed by atoms with Gasteiger partial charge in [-0.05, 0) is 88.1 Å². The summed E-state index contributed by atoms with van der Waals surface area (Å²) in [6.45, 7) is 4.18. The summed E-state index contributed by atoms with van der Waals surface area (Å²) in [5.74, 6) is -19.0. The van der Waals surface area contributed by atoms with Gasteiger partial charge in [0.2, 0.25) is 94.5 Å². The molecule has 2 heterocycles. The average molecular weight is 1620 g/mol. The van der Waals surface area contributed by atoms with Gasteiger partial charge >= 0.3 is 5.97 Å². The van der Waals surface area contributed by atoms with Gasteiger partial charge in [0.25, 0.3) is 0 Å². The van der Waals surface area contributed by atoms with Crippen molar-refractivity contribution in [3.63, 3.8) is 0 Å². The van der Waals surface area contributed by atoms with Crippen molar-refractivity contribution in [1.82, 2.24) is 73.2 Å². The van der Waals surface area contributed by atoms with E-state index in [0.717, 1.165) is 51.4 Å². The van der Waals surface area contributed by atoms with E-state index in [4.69, 9.17) is 11.5 Å². The molecule has 0 radical (unpaired) electrons. The summed E-state index contributed by atoms with van der Waals surface area (Å²) < 4.78 is 0. The normalized spacial score (nSPS) is 25.1. The number of aliphatic carboxylic acids is 1. The maximum absolute atomic E-state index is 14.9. The molecule has 0 bridgehead atoms. The first-order valence-electron chi connectivity index (χ1n) is 37.2. The maximum atomic E-state index is 14.9. The number of aliphatic hydroxyl groups excluding tert-OH is 3. The second kappa shape index (κ2) is 44.5. The third kappa shape index (κ3) is 28.0. The SMILES string of the molecule is C[C@@H]1NC(=O)[C@H](C)N(C)C(=O)[C@H](Cc2ccc(-c3ccccc3)cc2)NC(=O)[C@H](C)N(C)C(=O)[C@H](Cc2ccccc2)NC(=O)[C@H]([C@@H](C)O)NC(=O)[C@H]([C@@H](C)O)NC(=O)[C@H](CCC(N)=O)NC(=O)[C@H](CCC(=O)O)NC(=O)[C@H](Cc2ccccc2)NC(=O)CSC[C@@H](C(=O)NCC(N)=O)NC(=O)[C@@H]2CCCN2C(=O)[C@H](CO)NC1=O. The molecule has 16 amide bonds. The smallest absolute Gasteiger partial charge is 0.303 e. The van der Waals surface area contributed by atoms with Crippen molar-refractivity contribution >= 4 is 112 Å². The Bertz CT molecular complexity index is 4130. The van der Waals surface area contributed by atoms with Gasteiger partial charge in [0, 0.05) is 58.5 Å². The van der Waals surface area contributed by atoms with E-state index in [-0.39, 0.29) is 38.6 Å². The van der Waals surface area contributed by atoms with Crippen molar-refractivity contribution in [2.45, 2.75) is 183 Å². The number of likely N-dealkylation sites (N-methyl/N-ethyl adjacent to an activating group) is 2. The lowest BCUT2D eigenvalue weighted by molar-refractivity contribution is -0.145. The van der Waals surface area contributed by atoms with E-state index < -0.39 is 242 Å². The lowest BCUT2D eigenvalue weighted by Crippen LogP contribution is -2.63. The van der Waals surface area contributed by atoms with Crippen molar-refractivity contribution in [3.8, 4) is 11.1 Å². The number of carboxylic acid groups (broad SMARTS) is 1. The number of primary amides is 2. The highest BCUT2D eigenvalue weighted by Crippen LogP contribution is 2.23. The van der Waals surface area contributed by atoms with Crippen LogP contribution in [-0.4, -0.2) is 272 Å². The molecule has 2 aliphatic rings. The van der Waals surface area contributed by atoms with Gasteiger partial charge in [0.15, 0.2) is 0 Å². The molecule has 19 N–H and O–H groups in total. The van der Waals surface area contributed by atoms with Gasteiger partial charge in [-0.1, -0.05) is 115 Å². The predicted octanol–water partition coefficient (Wildman–Crippen LogP) is -4.83. The molecule has 38 heteroatoms. The Morgan fingerprint density at radius 1 is 0.487 bits per heavy atom. The molecule has 4 aromatic rings. The second-order valence-electron chi connectivity index (χ2n) is 28.1. The molecule has 115 heavy (non-hydrogen) atoms. The number of benzene rings is 4. The first-order chi connectivity index (χ1) is 54.5. The van der Waals surface area contributed by atoms with Gasteiger partial charge in [-0.3, -0.25) is 81.5 Å². The number of carbonyl (C=O) groups is 17. The quantitative estimate of drug-likeness (QED) is 0.0419. The molecule has 2 fully saturated rings. The minimum atomic E-state index is -2.06. The number of thioether (sulfide) groups is 1. The summed E-state index contributed by atoms with van der Waals surface area (Å²) in [5.41, 5.74) is 13.9. The fourth-order valence-corrected chi connectivity index (χ4v) is 13.2. The van der Waals surface area contributed by atoms with Crippen LogP contribution in [0.3, 0.4) is 0 Å². The van der Waals surface area contributed by atoms with Crippen molar-refractivity contribution < 1.29 is 102 Å². The van der Waals surface area contributed by atoms with Crippen LogP contribution in [-0.2, 0) is 101 Å². The van der Waals surface area contributed by atoms with Crippen molar-refractivity contribution in [2.24, 2.45) is 11.5 Å². The number of nitrogens with one attached hydrogen (secondary N) is 11. The highest BCUT2D eigenvalue weighted by molar-refractivity contribution is 8.00. The van der Waals surface area contributed by atoms with Crippen LogP contribution in [0.15, 0.2) is 115 Å². The molecule has 0 saturated carbocycles. The van der Waals surface area contributed by atoms with Gasteiger partial charge < -0.3 is 105 Å². The van der Waals surface area contributed by atoms with Crippen LogP contribution in [0.2, 0.25) is 0 Å². The highest BCUT2D eigenvalue weighted by Gasteiger charge is 2.42. The largest absolute Gasteiger partial charge is 0.481 e. The van der Waals surface area contributed by atoms with Crippen molar-refractivity contribution in [3.05, 3.63) is 132 Å². The Kier molecular flexibility index (Phi) is 35.6. The van der Waals surface area contributed by atoms with E-state index in [2.05, 4.69) is 58.5 Å². The summed E-state index contributed by atoms with van der Waals surface area (Å²) >= 11 is 0.734. The molecule has 37 nitrogen and oxygen atoms in total. The number of nitrogens with two attached hydrogens (primary N) is 2. The van der Waals surface area contributed by atoms with Crippen molar-refractivity contribution in [1.29, 1.82) is 0 Å². The van der Waals surface area contributed by atoms with E-state index in [9.17, 15) is 102 Å². The summed E-state index contributed by atoms with van der Waals surface area (Å²) in [7, 11) is 2.48. The van der Waals surface area contributed by atoms with Crippen LogP contribution in [0.1, 0.15) is 89.8 Å². The topological polar surface area (TPSA) is 565 Å². The van der Waals surface area contributed by atoms with Gasteiger partial charge in [-0.15, -0.1) is 11.8 Å². The molecule has 2 saturated heterocycles. The van der Waals surface area contributed by atoms with Crippen LogP contribution in [0.4, 0.5) is 0 Å². The van der Waals surface area contributed by atoms with Crippen LogP contribution in [0, 0.1) is 0 Å². The fourth-order valence-electron chi connectivity index (χ4n) is 12.4. The van der Waals surface area contributed by atoms with Gasteiger partial charge in [0.05, 0.1) is 31.1 Å². The number of carboxylic acids is 1. The summed E-state index contributed by atoms with van der Waals surface area (Å²) in [5, 5.41) is 69.4. The van der Waals surface area contributed by atoms with Crippen LogP contribution in [0.25, 0.3) is 11.1 Å². The molecule has 0 unspecified atom stereocenters. The number of rotatable bonds is 19. The van der Waals surface area contributed by atoms with Crippen LogP contribution in [0.5, 0.6) is 0 Å². The summed E-state index contributed by atoms with van der Waals surface area (Å²) in [4.78, 5) is 240. The number of hydrogen-bond acceptors (Lipinski definition) is 21. The first-order valence-corrected chi connectivity index (χ1v) is 38.3. The number of fused-ring (bicyclic) bond motifs is 1. The molecule has 2 aliphatic heterocycles. The average Bonchev–Trinajstić information content (AvgIpc) is 1.81. The predicted molar refractivity (Wildman–Crippen MR) is 415 cm³/mol. The van der Waals surface area contributed by atoms with E-state index in [1.807, 2.05) is 30.3 Å². The third-order valence-electron chi connectivity index (χ3n) is 19.3. The van der Waals surface area contributed by atoms with Gasteiger partial charge in [-0.25, -0.2) is 0 Å². The Morgan fingerprint density at radius 3 is 1.43 bits per heavy atom. The first kappa shape index (κ1) is 92.0. The molecule has 6 rings (SSSR count). The Morgan fingerprint density at radius 2 is 0.922 bits per heavy atom. The Labute approximate surface area is 667 Å². The zero-order valence-corrected chi connectivity index (χ0v) is 65.5. The minimum Gasteiger partial charge on any atom is -0.481 e. The Balaban J connectivity index is 1.38. The number of hydrogen-bond donors (Lipinski definition) is 17. The van der Waals surface area contributed by atoms with E-state index >= 15 is 0 Å². The van der Waals surface area contributed by atoms with Crippen molar-refractivity contribution in [2.75, 3.05) is 45.3 Å². The zero-order chi connectivity index (χ0) is 84.9. The maximum Gasteiger partial charge on any atom is 0.303 e. The second-order valence-corrected chi connectivity index (χ2v) is 29.1. The molecule has 622 valence electrons. The lowest BCUT2D eigenvalue weighted by Gasteiger charge is -2.33. The van der Waals surface area contributed by atoms with E-state index in [1.165, 1.54) is 34.9 Å². The molecule has 0 aromatic heterocycles. The highest BCUT2D eigenvalue weighted by atomic mass is 32.2. The van der Waals surface area contributed by atoms with Crippen LogP contribution >= 0.6 is 11.8 Å². The number of aliphatic hydroxyl groups is 3. The third-order valence-corrected chi connectivity index (χ3v) is 20.3. The lowest BCUT2D eigenvalue weighted by atomic mass is 9.99. The number of nitrogens with zero attached hydrogens (tertiary/aromatic N) is 3. The molecular formula is C77H102N16O21S. The number of carbonyl (C=O) groups excluding carboxylic acids is 16. The zero-order valence-electron chi connectivity index (χ0n) is 64.7. The van der Waals surface area contributed by atoms with Crippen LogP contribution < -0.4 is 70.0 Å². The van der Waals surface area contributed by atoms with Gasteiger partial charge in [-0.2, -0.15) is 0 Å². The summed E-state index contributed by atoms with van der Waals surface area (Å²) in [6.07, 6.45) is -6.98. The fraction of sp³-hybridized carbons (Fsp3) is 0.468.